The molecule has 1 atom stereocenters. The number of nitrogens with zero attached hydrogens (tertiary/aromatic N) is 2. The van der Waals surface area contributed by atoms with Gasteiger partial charge in [0, 0.05) is 18.3 Å². The minimum absolute atomic E-state index is 0.354. The van der Waals surface area contributed by atoms with Crippen molar-refractivity contribution in [3.8, 4) is 0 Å². The minimum Gasteiger partial charge on any atom is -0.591 e. The maximum Gasteiger partial charge on any atom is 0.144 e. The monoisotopic (exact) mass is 311 g/mol. The molecule has 0 bridgehead atoms. The van der Waals surface area contributed by atoms with Crippen LogP contribution in [0.1, 0.15) is 33.3 Å². The Labute approximate surface area is 127 Å². The lowest BCUT2D eigenvalue weighted by Crippen LogP contribution is -2.27. The van der Waals surface area contributed by atoms with E-state index in [1.807, 2.05) is 39.8 Å². The number of aromatic nitrogens is 1. The predicted octanol–water partition coefficient (Wildman–Crippen LogP) is 3.47. The first-order valence-corrected chi connectivity index (χ1v) is 7.83. The van der Waals surface area contributed by atoms with E-state index in [2.05, 4.69) is 14.7 Å². The van der Waals surface area contributed by atoms with Gasteiger partial charge in [0.1, 0.15) is 21.9 Å². The highest BCUT2D eigenvalue weighted by atomic mass is 35.5. The second-order valence-corrected chi connectivity index (χ2v) is 7.99. The van der Waals surface area contributed by atoms with Gasteiger partial charge in [-0.2, -0.15) is 0 Å². The number of pyridine rings is 1. The third-order valence-electron chi connectivity index (χ3n) is 2.87. The SMILES string of the molecule is C/C(=N\[S@+]([O-])C(C)(C)C)C1=Cc2cc(Cl)cnc2NC1. The van der Waals surface area contributed by atoms with E-state index in [1.165, 1.54) is 0 Å². The molecule has 6 heteroatoms. The number of hydrogen-bond donors (Lipinski definition) is 1. The third-order valence-corrected chi connectivity index (χ3v) is 4.56. The second kappa shape index (κ2) is 5.76. The summed E-state index contributed by atoms with van der Waals surface area (Å²) in [6.45, 7) is 8.23. The van der Waals surface area contributed by atoms with E-state index in [0.29, 0.717) is 11.6 Å². The summed E-state index contributed by atoms with van der Waals surface area (Å²) in [4.78, 5) is 4.23. The summed E-state index contributed by atoms with van der Waals surface area (Å²) in [7, 11) is 0. The molecule has 0 aliphatic carbocycles. The lowest BCUT2D eigenvalue weighted by molar-refractivity contribution is 0.561. The smallest absolute Gasteiger partial charge is 0.144 e. The highest BCUT2D eigenvalue weighted by Crippen LogP contribution is 2.25. The van der Waals surface area contributed by atoms with Crippen LogP contribution in [0.5, 0.6) is 0 Å². The van der Waals surface area contributed by atoms with Crippen molar-refractivity contribution in [2.45, 2.75) is 32.4 Å². The van der Waals surface area contributed by atoms with Crippen molar-refractivity contribution in [3.05, 3.63) is 28.4 Å². The van der Waals surface area contributed by atoms with E-state index in [4.69, 9.17) is 11.6 Å². The summed E-state index contributed by atoms with van der Waals surface area (Å²) in [6.07, 6.45) is 3.60. The lowest BCUT2D eigenvalue weighted by Gasteiger charge is -2.21. The van der Waals surface area contributed by atoms with Crippen LogP contribution in [-0.2, 0) is 11.4 Å². The van der Waals surface area contributed by atoms with E-state index in [-0.39, 0.29) is 4.75 Å². The van der Waals surface area contributed by atoms with Crippen LogP contribution in [0.2, 0.25) is 5.02 Å². The second-order valence-electron chi connectivity index (χ2n) is 5.65. The van der Waals surface area contributed by atoms with E-state index in [0.717, 1.165) is 22.7 Å². The van der Waals surface area contributed by atoms with Gasteiger partial charge >= 0.3 is 0 Å². The Balaban J connectivity index is 2.28. The fourth-order valence-corrected chi connectivity index (χ4v) is 2.49. The van der Waals surface area contributed by atoms with Gasteiger partial charge in [-0.25, -0.2) is 4.98 Å². The van der Waals surface area contributed by atoms with Crippen LogP contribution in [0, 0.1) is 0 Å². The van der Waals surface area contributed by atoms with Gasteiger partial charge in [0.2, 0.25) is 0 Å². The zero-order chi connectivity index (χ0) is 14.9. The average molecular weight is 312 g/mol. The molecule has 1 aromatic heterocycles. The molecular weight excluding hydrogens is 294 g/mol. The predicted molar refractivity (Wildman–Crippen MR) is 86.7 cm³/mol. The molecule has 0 saturated carbocycles. The first-order valence-electron chi connectivity index (χ1n) is 6.35. The molecule has 4 nitrogen and oxygen atoms in total. The van der Waals surface area contributed by atoms with E-state index in [9.17, 15) is 4.55 Å². The summed E-state index contributed by atoms with van der Waals surface area (Å²) in [5.74, 6) is 0.808. The molecule has 0 saturated heterocycles. The zero-order valence-electron chi connectivity index (χ0n) is 12.0. The van der Waals surface area contributed by atoms with Gasteiger partial charge in [-0.1, -0.05) is 16.0 Å². The molecule has 1 aliphatic heterocycles. The number of rotatable bonds is 2. The molecule has 1 aliphatic rings. The summed E-state index contributed by atoms with van der Waals surface area (Å²) in [5, 5.41) is 3.81. The Hall–Kier alpha value is -1.04. The molecule has 0 fully saturated rings. The van der Waals surface area contributed by atoms with Crippen molar-refractivity contribution >= 4 is 40.6 Å². The molecular formula is C14H18ClN3OS. The first kappa shape index (κ1) is 15.4. The summed E-state index contributed by atoms with van der Waals surface area (Å²) in [5.41, 5.74) is 2.70. The first-order chi connectivity index (χ1) is 9.27. The summed E-state index contributed by atoms with van der Waals surface area (Å²) in [6, 6.07) is 1.85. The highest BCUT2D eigenvalue weighted by molar-refractivity contribution is 7.91. The zero-order valence-corrected chi connectivity index (χ0v) is 13.6. The molecule has 2 heterocycles. The van der Waals surface area contributed by atoms with Crippen LogP contribution in [0.15, 0.2) is 22.2 Å². The molecule has 20 heavy (non-hydrogen) atoms. The maximum atomic E-state index is 12.1. The lowest BCUT2D eigenvalue weighted by atomic mass is 10.0. The number of hydrogen-bond acceptors (Lipinski definition) is 4. The molecule has 108 valence electrons. The molecule has 1 N–H and O–H groups in total. The van der Waals surface area contributed by atoms with Crippen molar-refractivity contribution in [2.24, 2.45) is 4.40 Å². The van der Waals surface area contributed by atoms with Crippen molar-refractivity contribution in [2.75, 3.05) is 11.9 Å². The van der Waals surface area contributed by atoms with Crippen LogP contribution >= 0.6 is 11.6 Å². The van der Waals surface area contributed by atoms with E-state index < -0.39 is 11.4 Å². The Bertz CT molecular complexity index is 578. The number of anilines is 1. The Morgan fingerprint density at radius 2 is 2.20 bits per heavy atom. The van der Waals surface area contributed by atoms with Gasteiger partial charge < -0.3 is 9.87 Å². The van der Waals surface area contributed by atoms with Crippen molar-refractivity contribution in [3.63, 3.8) is 0 Å². The highest BCUT2D eigenvalue weighted by Gasteiger charge is 2.27. The number of halogens is 1. The maximum absolute atomic E-state index is 12.1. The van der Waals surface area contributed by atoms with Crippen LogP contribution in [0.4, 0.5) is 5.82 Å². The van der Waals surface area contributed by atoms with Gasteiger partial charge in [0.15, 0.2) is 0 Å². The summed E-state index contributed by atoms with van der Waals surface area (Å²) >= 11 is 4.70. The molecule has 0 aromatic carbocycles. The van der Waals surface area contributed by atoms with Gasteiger partial charge in [-0.15, -0.1) is 0 Å². The van der Waals surface area contributed by atoms with Crippen molar-refractivity contribution in [1.29, 1.82) is 0 Å². The number of fused-ring (bicyclic) bond motifs is 1. The average Bonchev–Trinajstić information content (AvgIpc) is 2.36. The fourth-order valence-electron chi connectivity index (χ4n) is 1.68. The van der Waals surface area contributed by atoms with Crippen LogP contribution in [0.3, 0.4) is 0 Å². The van der Waals surface area contributed by atoms with Gasteiger partial charge in [0.25, 0.3) is 0 Å². The molecule has 0 radical (unpaired) electrons. The largest absolute Gasteiger partial charge is 0.591 e. The van der Waals surface area contributed by atoms with Crippen molar-refractivity contribution in [1.82, 2.24) is 4.98 Å². The normalized spacial score (nSPS) is 17.1. The fraction of sp³-hybridized carbons (Fsp3) is 0.429. The van der Waals surface area contributed by atoms with Crippen LogP contribution < -0.4 is 5.32 Å². The minimum atomic E-state index is -1.25. The van der Waals surface area contributed by atoms with Gasteiger partial charge in [-0.3, -0.25) is 0 Å². The van der Waals surface area contributed by atoms with Crippen LogP contribution in [0.25, 0.3) is 6.08 Å². The molecule has 1 aromatic rings. The Morgan fingerprint density at radius 3 is 2.85 bits per heavy atom. The molecule has 2 rings (SSSR count). The Morgan fingerprint density at radius 1 is 1.50 bits per heavy atom. The van der Waals surface area contributed by atoms with Crippen molar-refractivity contribution < 1.29 is 4.55 Å². The summed E-state index contributed by atoms with van der Waals surface area (Å²) < 4.78 is 16.0. The topological polar surface area (TPSA) is 60.3 Å². The van der Waals surface area contributed by atoms with Crippen LogP contribution in [-0.4, -0.2) is 26.5 Å². The third kappa shape index (κ3) is 3.53. The molecule has 0 spiro atoms. The molecule has 0 amide bonds. The quantitative estimate of drug-likeness (QED) is 0.672. The van der Waals surface area contributed by atoms with E-state index in [1.54, 1.807) is 6.20 Å². The molecule has 0 unspecified atom stereocenters. The standard InChI is InChI=1S/C14H18ClN3OS/c1-9(18-20(19)14(2,3)4)11-5-10-6-12(15)8-17-13(10)16-7-11/h5-6,8H,7H2,1-4H3,(H,16,17)/b18-9+/t20-/m1/s1. The van der Waals surface area contributed by atoms with E-state index >= 15 is 0 Å². The van der Waals surface area contributed by atoms with Gasteiger partial charge in [-0.05, 0) is 45.4 Å². The number of nitrogens with one attached hydrogen (secondary N) is 1. The van der Waals surface area contributed by atoms with Gasteiger partial charge in [0.05, 0.1) is 10.7 Å². The Kier molecular flexibility index (Phi) is 4.42.